The summed E-state index contributed by atoms with van der Waals surface area (Å²) in [6, 6.07) is 7.67. The largest absolute Gasteiger partial charge is 0.326 e. The monoisotopic (exact) mass is 312 g/mol. The van der Waals surface area contributed by atoms with E-state index < -0.39 is 27.3 Å². The molecule has 0 unspecified atom stereocenters. The van der Waals surface area contributed by atoms with E-state index in [9.17, 15) is 17.2 Å². The van der Waals surface area contributed by atoms with Gasteiger partial charge < -0.3 is 5.73 Å². The zero-order valence-corrected chi connectivity index (χ0v) is 12.0. The van der Waals surface area contributed by atoms with Gasteiger partial charge in [-0.2, -0.15) is 0 Å². The van der Waals surface area contributed by atoms with Crippen LogP contribution in [0.1, 0.15) is 11.1 Å². The Morgan fingerprint density at radius 2 is 1.90 bits per heavy atom. The molecular weight excluding hydrogens is 298 g/mol. The molecule has 112 valence electrons. The van der Waals surface area contributed by atoms with E-state index in [1.165, 1.54) is 18.2 Å². The number of rotatable bonds is 4. The van der Waals surface area contributed by atoms with Gasteiger partial charge in [-0.05, 0) is 42.3 Å². The highest BCUT2D eigenvalue weighted by Crippen LogP contribution is 2.22. The Morgan fingerprint density at radius 3 is 2.52 bits per heavy atom. The van der Waals surface area contributed by atoms with Crippen LogP contribution >= 0.6 is 0 Å². The van der Waals surface area contributed by atoms with E-state index in [1.54, 1.807) is 13.0 Å². The Kier molecular flexibility index (Phi) is 4.24. The van der Waals surface area contributed by atoms with Crippen LogP contribution in [0, 0.1) is 18.6 Å². The SMILES string of the molecule is Cc1cc(S(=O)(=O)Nc2cccc(F)c2F)ccc1CN. The van der Waals surface area contributed by atoms with E-state index in [2.05, 4.69) is 0 Å². The minimum absolute atomic E-state index is 0.0409. The molecule has 0 heterocycles. The lowest BCUT2D eigenvalue weighted by Gasteiger charge is -2.11. The molecule has 2 aromatic carbocycles. The fourth-order valence-electron chi connectivity index (χ4n) is 1.85. The van der Waals surface area contributed by atoms with Crippen LogP contribution in [0.2, 0.25) is 0 Å². The Balaban J connectivity index is 2.39. The van der Waals surface area contributed by atoms with Crippen LogP contribution in [0.15, 0.2) is 41.3 Å². The molecule has 0 amide bonds. The summed E-state index contributed by atoms with van der Waals surface area (Å²) in [6.07, 6.45) is 0. The molecule has 0 aliphatic rings. The third kappa shape index (κ3) is 3.20. The summed E-state index contributed by atoms with van der Waals surface area (Å²) >= 11 is 0. The summed E-state index contributed by atoms with van der Waals surface area (Å²) in [5.74, 6) is -2.36. The van der Waals surface area contributed by atoms with Gasteiger partial charge in [-0.1, -0.05) is 12.1 Å². The molecule has 3 N–H and O–H groups in total. The zero-order chi connectivity index (χ0) is 15.6. The van der Waals surface area contributed by atoms with Crippen molar-refractivity contribution in [2.45, 2.75) is 18.4 Å². The fourth-order valence-corrected chi connectivity index (χ4v) is 2.99. The average Bonchev–Trinajstić information content (AvgIpc) is 2.43. The van der Waals surface area contributed by atoms with E-state index in [0.29, 0.717) is 5.56 Å². The van der Waals surface area contributed by atoms with Gasteiger partial charge in [0.2, 0.25) is 0 Å². The molecular formula is C14H14F2N2O2S. The van der Waals surface area contributed by atoms with Crippen molar-refractivity contribution in [3.63, 3.8) is 0 Å². The van der Waals surface area contributed by atoms with Crippen LogP contribution in [0.25, 0.3) is 0 Å². The van der Waals surface area contributed by atoms with Crippen molar-refractivity contribution in [2.24, 2.45) is 5.73 Å². The smallest absolute Gasteiger partial charge is 0.261 e. The number of nitrogens with one attached hydrogen (secondary N) is 1. The molecule has 0 aliphatic carbocycles. The van der Waals surface area contributed by atoms with E-state index in [-0.39, 0.29) is 11.4 Å². The quantitative estimate of drug-likeness (QED) is 0.911. The maximum absolute atomic E-state index is 13.5. The van der Waals surface area contributed by atoms with Crippen molar-refractivity contribution >= 4 is 15.7 Å². The normalized spacial score (nSPS) is 11.4. The topological polar surface area (TPSA) is 72.2 Å². The maximum atomic E-state index is 13.5. The number of hydrogen-bond acceptors (Lipinski definition) is 3. The fraction of sp³-hybridized carbons (Fsp3) is 0.143. The summed E-state index contributed by atoms with van der Waals surface area (Å²) in [6.45, 7) is 2.02. The van der Waals surface area contributed by atoms with E-state index in [0.717, 1.165) is 17.7 Å². The van der Waals surface area contributed by atoms with Gasteiger partial charge in [-0.15, -0.1) is 0 Å². The van der Waals surface area contributed by atoms with Gasteiger partial charge in [0.05, 0.1) is 10.6 Å². The molecule has 0 atom stereocenters. The number of hydrogen-bond donors (Lipinski definition) is 2. The van der Waals surface area contributed by atoms with E-state index in [4.69, 9.17) is 5.73 Å². The molecule has 21 heavy (non-hydrogen) atoms. The van der Waals surface area contributed by atoms with Gasteiger partial charge >= 0.3 is 0 Å². The van der Waals surface area contributed by atoms with Gasteiger partial charge in [0.25, 0.3) is 10.0 Å². The highest BCUT2D eigenvalue weighted by molar-refractivity contribution is 7.92. The standard InChI is InChI=1S/C14H14F2N2O2S/c1-9-7-11(6-5-10(9)8-17)21(19,20)18-13-4-2-3-12(15)14(13)16/h2-7,18H,8,17H2,1H3. The highest BCUT2D eigenvalue weighted by Gasteiger charge is 2.18. The van der Waals surface area contributed by atoms with Crippen LogP contribution in [-0.4, -0.2) is 8.42 Å². The Morgan fingerprint density at radius 1 is 1.19 bits per heavy atom. The van der Waals surface area contributed by atoms with Gasteiger partial charge in [-0.25, -0.2) is 17.2 Å². The van der Waals surface area contributed by atoms with Crippen LogP contribution in [0.4, 0.5) is 14.5 Å². The second-order valence-electron chi connectivity index (χ2n) is 4.50. The van der Waals surface area contributed by atoms with Crippen LogP contribution in [0.5, 0.6) is 0 Å². The number of aryl methyl sites for hydroxylation is 1. The first kappa shape index (κ1) is 15.4. The molecule has 2 aromatic rings. The third-order valence-corrected chi connectivity index (χ3v) is 4.40. The van der Waals surface area contributed by atoms with E-state index >= 15 is 0 Å². The first-order chi connectivity index (χ1) is 9.85. The van der Waals surface area contributed by atoms with Crippen molar-refractivity contribution in [3.05, 3.63) is 59.2 Å². The minimum Gasteiger partial charge on any atom is -0.326 e. The first-order valence-corrected chi connectivity index (χ1v) is 7.60. The number of nitrogens with two attached hydrogens (primary N) is 1. The van der Waals surface area contributed by atoms with Crippen molar-refractivity contribution in [1.29, 1.82) is 0 Å². The molecule has 0 bridgehead atoms. The first-order valence-electron chi connectivity index (χ1n) is 6.11. The van der Waals surface area contributed by atoms with Gasteiger partial charge in [0.15, 0.2) is 11.6 Å². The lowest BCUT2D eigenvalue weighted by Crippen LogP contribution is -2.15. The predicted molar refractivity (Wildman–Crippen MR) is 76.2 cm³/mol. The summed E-state index contributed by atoms with van der Waals surface area (Å²) in [4.78, 5) is -0.0409. The Bertz CT molecular complexity index is 777. The molecule has 0 aliphatic heterocycles. The van der Waals surface area contributed by atoms with Crippen molar-refractivity contribution in [3.8, 4) is 0 Å². The minimum atomic E-state index is -4.00. The van der Waals surface area contributed by atoms with Crippen LogP contribution in [-0.2, 0) is 16.6 Å². The number of sulfonamides is 1. The molecule has 7 heteroatoms. The summed E-state index contributed by atoms with van der Waals surface area (Å²) in [7, 11) is -4.00. The van der Waals surface area contributed by atoms with Gasteiger partial charge in [-0.3, -0.25) is 4.72 Å². The summed E-state index contributed by atoms with van der Waals surface area (Å²) < 4.78 is 53.0. The molecule has 0 radical (unpaired) electrons. The number of benzene rings is 2. The van der Waals surface area contributed by atoms with Crippen LogP contribution in [0.3, 0.4) is 0 Å². The van der Waals surface area contributed by atoms with Crippen molar-refractivity contribution in [1.82, 2.24) is 0 Å². The summed E-state index contributed by atoms with van der Waals surface area (Å²) in [5.41, 5.74) is 6.60. The molecule has 2 rings (SSSR count). The lowest BCUT2D eigenvalue weighted by molar-refractivity contribution is 0.511. The number of anilines is 1. The predicted octanol–water partition coefficient (Wildman–Crippen LogP) is 2.53. The summed E-state index contributed by atoms with van der Waals surface area (Å²) in [5, 5.41) is 0. The van der Waals surface area contributed by atoms with Crippen LogP contribution < -0.4 is 10.5 Å². The Hall–Kier alpha value is -1.99. The lowest BCUT2D eigenvalue weighted by atomic mass is 10.1. The second-order valence-corrected chi connectivity index (χ2v) is 6.18. The average molecular weight is 312 g/mol. The van der Waals surface area contributed by atoms with Gasteiger partial charge in [0, 0.05) is 6.54 Å². The molecule has 0 fully saturated rings. The van der Waals surface area contributed by atoms with Gasteiger partial charge in [0.1, 0.15) is 0 Å². The Labute approximate surface area is 121 Å². The molecule has 0 saturated carbocycles. The van der Waals surface area contributed by atoms with Crippen molar-refractivity contribution < 1.29 is 17.2 Å². The highest BCUT2D eigenvalue weighted by atomic mass is 32.2. The molecule has 0 spiro atoms. The molecule has 4 nitrogen and oxygen atoms in total. The molecule has 0 saturated heterocycles. The number of halogens is 2. The van der Waals surface area contributed by atoms with E-state index in [1.807, 2.05) is 4.72 Å². The third-order valence-electron chi connectivity index (χ3n) is 3.04. The molecule has 0 aromatic heterocycles. The maximum Gasteiger partial charge on any atom is 0.261 e. The zero-order valence-electron chi connectivity index (χ0n) is 11.2. The van der Waals surface area contributed by atoms with Crippen molar-refractivity contribution in [2.75, 3.05) is 4.72 Å². The second kappa shape index (κ2) is 5.79.